The number of aromatic nitrogens is 1. The number of hydrogen-bond acceptors (Lipinski definition) is 5. The number of nitrogens with zero attached hydrogens (tertiary/aromatic N) is 4. The van der Waals surface area contributed by atoms with Gasteiger partial charge in [0.2, 0.25) is 15.9 Å². The molecule has 0 aliphatic carbocycles. The van der Waals surface area contributed by atoms with Crippen molar-refractivity contribution in [2.45, 2.75) is 25.9 Å². The maximum absolute atomic E-state index is 11.7. The lowest BCUT2D eigenvalue weighted by molar-refractivity contribution is 0.205. The average Bonchev–Trinajstić information content (AvgIpc) is 3.29. The van der Waals surface area contributed by atoms with Crippen LogP contribution in [0.1, 0.15) is 19.8 Å². The summed E-state index contributed by atoms with van der Waals surface area (Å²) in [6.07, 6.45) is 4.88. The molecule has 0 radical (unpaired) electrons. The molecule has 0 spiro atoms. The zero-order valence-electron chi connectivity index (χ0n) is 16.0. The normalized spacial score (nSPS) is 24.4. The highest BCUT2D eigenvalue weighted by atomic mass is 32.2. The number of nitrogens with one attached hydrogen (secondary N) is 1. The zero-order valence-corrected chi connectivity index (χ0v) is 16.9. The zero-order chi connectivity index (χ0) is 19.3. The molecule has 0 aromatic carbocycles. The molecule has 150 valence electrons. The van der Waals surface area contributed by atoms with Crippen LogP contribution in [0.3, 0.4) is 0 Å². The van der Waals surface area contributed by atoms with Gasteiger partial charge in [-0.2, -0.15) is 0 Å². The Morgan fingerprint density at radius 1 is 1.33 bits per heavy atom. The molecule has 3 rings (SSSR count). The van der Waals surface area contributed by atoms with Crippen LogP contribution in [0.2, 0.25) is 0 Å². The van der Waals surface area contributed by atoms with E-state index in [0.29, 0.717) is 25.5 Å². The number of guanidine groups is 1. The minimum Gasteiger partial charge on any atom is -0.472 e. The summed E-state index contributed by atoms with van der Waals surface area (Å²) in [6, 6.07) is 5.66. The van der Waals surface area contributed by atoms with Gasteiger partial charge in [-0.05, 0) is 25.3 Å². The fraction of sp³-hybridized carbons (Fsp3) is 0.667. The van der Waals surface area contributed by atoms with E-state index in [1.54, 1.807) is 10.5 Å². The van der Waals surface area contributed by atoms with Crippen LogP contribution in [-0.2, 0) is 10.0 Å². The summed E-state index contributed by atoms with van der Waals surface area (Å²) in [5.74, 6) is 1.80. The first-order valence-corrected chi connectivity index (χ1v) is 11.4. The fourth-order valence-electron chi connectivity index (χ4n) is 3.49. The summed E-state index contributed by atoms with van der Waals surface area (Å²) in [7, 11) is -3.10. The SMILES string of the molecule is CCNC(=NCC1CCN(S(C)(=O)=O)C1)N1CCC(Oc2ccccn2)C1. The summed E-state index contributed by atoms with van der Waals surface area (Å²) < 4.78 is 30.8. The first kappa shape index (κ1) is 19.9. The van der Waals surface area contributed by atoms with Crippen LogP contribution in [0, 0.1) is 5.92 Å². The van der Waals surface area contributed by atoms with Crippen LogP contribution in [-0.4, -0.2) is 80.2 Å². The molecular formula is C18H29N5O3S. The number of sulfonamides is 1. The second-order valence-electron chi connectivity index (χ2n) is 7.11. The fourth-order valence-corrected chi connectivity index (χ4v) is 4.41. The molecule has 0 amide bonds. The van der Waals surface area contributed by atoms with E-state index in [0.717, 1.165) is 38.4 Å². The molecule has 2 aliphatic heterocycles. The van der Waals surface area contributed by atoms with E-state index in [1.807, 2.05) is 18.2 Å². The Morgan fingerprint density at radius 3 is 2.85 bits per heavy atom. The van der Waals surface area contributed by atoms with Crippen molar-refractivity contribution >= 4 is 16.0 Å². The molecule has 3 heterocycles. The van der Waals surface area contributed by atoms with Crippen molar-refractivity contribution in [2.75, 3.05) is 45.5 Å². The third kappa shape index (κ3) is 5.55. The van der Waals surface area contributed by atoms with Gasteiger partial charge in [-0.3, -0.25) is 4.99 Å². The lowest BCUT2D eigenvalue weighted by atomic mass is 10.1. The highest BCUT2D eigenvalue weighted by Gasteiger charge is 2.30. The van der Waals surface area contributed by atoms with Gasteiger partial charge in [-0.25, -0.2) is 17.7 Å². The van der Waals surface area contributed by atoms with Crippen LogP contribution < -0.4 is 10.1 Å². The molecule has 8 nitrogen and oxygen atoms in total. The molecular weight excluding hydrogens is 366 g/mol. The van der Waals surface area contributed by atoms with Gasteiger partial charge in [0.05, 0.1) is 12.8 Å². The molecule has 0 saturated carbocycles. The Balaban J connectivity index is 1.55. The van der Waals surface area contributed by atoms with E-state index in [1.165, 1.54) is 6.26 Å². The molecule has 27 heavy (non-hydrogen) atoms. The molecule has 2 atom stereocenters. The van der Waals surface area contributed by atoms with Gasteiger partial charge in [-0.15, -0.1) is 0 Å². The van der Waals surface area contributed by atoms with Crippen LogP contribution in [0.5, 0.6) is 5.88 Å². The third-order valence-electron chi connectivity index (χ3n) is 4.92. The Hall–Kier alpha value is -1.87. The maximum atomic E-state index is 11.7. The van der Waals surface area contributed by atoms with Crippen molar-refractivity contribution in [1.82, 2.24) is 19.5 Å². The largest absolute Gasteiger partial charge is 0.472 e. The van der Waals surface area contributed by atoms with Gasteiger partial charge in [0, 0.05) is 51.4 Å². The van der Waals surface area contributed by atoms with E-state index < -0.39 is 10.0 Å². The van der Waals surface area contributed by atoms with Crippen LogP contribution in [0.15, 0.2) is 29.4 Å². The van der Waals surface area contributed by atoms with Gasteiger partial charge in [0.25, 0.3) is 0 Å². The topological polar surface area (TPSA) is 87.1 Å². The molecule has 2 unspecified atom stereocenters. The quantitative estimate of drug-likeness (QED) is 0.566. The summed E-state index contributed by atoms with van der Waals surface area (Å²) in [6.45, 7) is 6.28. The first-order chi connectivity index (χ1) is 13.0. The van der Waals surface area contributed by atoms with Crippen molar-refractivity contribution in [3.8, 4) is 5.88 Å². The summed E-state index contributed by atoms with van der Waals surface area (Å²) in [5.41, 5.74) is 0. The number of likely N-dealkylation sites (tertiary alicyclic amines) is 1. The summed E-state index contributed by atoms with van der Waals surface area (Å²) in [4.78, 5) is 11.2. The Bertz CT molecular complexity index is 741. The highest BCUT2D eigenvalue weighted by Crippen LogP contribution is 2.20. The third-order valence-corrected chi connectivity index (χ3v) is 6.19. The molecule has 2 fully saturated rings. The number of rotatable bonds is 6. The predicted octanol–water partition coefficient (Wildman–Crippen LogP) is 0.782. The maximum Gasteiger partial charge on any atom is 0.213 e. The monoisotopic (exact) mass is 395 g/mol. The molecule has 1 N–H and O–H groups in total. The first-order valence-electron chi connectivity index (χ1n) is 9.51. The van der Waals surface area contributed by atoms with Gasteiger partial charge in [0.15, 0.2) is 5.96 Å². The van der Waals surface area contributed by atoms with E-state index in [2.05, 4.69) is 22.1 Å². The van der Waals surface area contributed by atoms with E-state index >= 15 is 0 Å². The molecule has 1 aromatic heterocycles. The molecule has 2 aliphatic rings. The second kappa shape index (κ2) is 8.88. The predicted molar refractivity (Wildman–Crippen MR) is 105 cm³/mol. The Morgan fingerprint density at radius 2 is 2.19 bits per heavy atom. The number of ether oxygens (including phenoxy) is 1. The minimum atomic E-state index is -3.10. The number of hydrogen-bond donors (Lipinski definition) is 1. The van der Waals surface area contributed by atoms with Crippen LogP contribution in [0.4, 0.5) is 0 Å². The van der Waals surface area contributed by atoms with Gasteiger partial charge >= 0.3 is 0 Å². The van der Waals surface area contributed by atoms with E-state index in [-0.39, 0.29) is 12.0 Å². The molecule has 0 bridgehead atoms. The van der Waals surface area contributed by atoms with E-state index in [4.69, 9.17) is 9.73 Å². The van der Waals surface area contributed by atoms with Crippen molar-refractivity contribution in [1.29, 1.82) is 0 Å². The average molecular weight is 396 g/mol. The summed E-state index contributed by atoms with van der Waals surface area (Å²) in [5, 5.41) is 3.35. The molecule has 2 saturated heterocycles. The Kier molecular flexibility index (Phi) is 6.54. The van der Waals surface area contributed by atoms with Crippen LogP contribution >= 0.6 is 0 Å². The van der Waals surface area contributed by atoms with Crippen LogP contribution in [0.25, 0.3) is 0 Å². The molecule has 9 heteroatoms. The lowest BCUT2D eigenvalue weighted by Crippen LogP contribution is -2.41. The Labute approximate surface area is 161 Å². The minimum absolute atomic E-state index is 0.0935. The molecule has 1 aromatic rings. The van der Waals surface area contributed by atoms with Crippen molar-refractivity contribution in [2.24, 2.45) is 10.9 Å². The number of pyridine rings is 1. The highest BCUT2D eigenvalue weighted by molar-refractivity contribution is 7.88. The van der Waals surface area contributed by atoms with Gasteiger partial charge in [0.1, 0.15) is 6.10 Å². The van der Waals surface area contributed by atoms with Gasteiger partial charge < -0.3 is 15.0 Å². The smallest absolute Gasteiger partial charge is 0.213 e. The van der Waals surface area contributed by atoms with E-state index in [9.17, 15) is 8.42 Å². The standard InChI is InChI=1S/C18H29N5O3S/c1-3-19-18(21-12-15-7-11-23(13-15)27(2,24)25)22-10-8-16(14-22)26-17-6-4-5-9-20-17/h4-6,9,15-16H,3,7-8,10-14H2,1-2H3,(H,19,21). The second-order valence-corrected chi connectivity index (χ2v) is 9.10. The van der Waals surface area contributed by atoms with Crippen molar-refractivity contribution in [3.05, 3.63) is 24.4 Å². The lowest BCUT2D eigenvalue weighted by Gasteiger charge is -2.22. The number of aliphatic imine (C=N–C) groups is 1. The van der Waals surface area contributed by atoms with Crippen molar-refractivity contribution in [3.63, 3.8) is 0 Å². The summed E-state index contributed by atoms with van der Waals surface area (Å²) >= 11 is 0. The van der Waals surface area contributed by atoms with Crippen molar-refractivity contribution < 1.29 is 13.2 Å². The van der Waals surface area contributed by atoms with Gasteiger partial charge in [-0.1, -0.05) is 6.07 Å².